The highest BCUT2D eigenvalue weighted by Crippen LogP contribution is 2.27. The number of benzene rings is 1. The van der Waals surface area contributed by atoms with Crippen LogP contribution in [0.25, 0.3) is 11.3 Å². The summed E-state index contributed by atoms with van der Waals surface area (Å²) in [6, 6.07) is 4.35. The number of nitrogens with zero attached hydrogens (tertiary/aromatic N) is 2. The third kappa shape index (κ3) is 2.29. The summed E-state index contributed by atoms with van der Waals surface area (Å²) in [5.41, 5.74) is 1.72. The van der Waals surface area contributed by atoms with Crippen LogP contribution in [0.1, 0.15) is 23.2 Å². The van der Waals surface area contributed by atoms with Gasteiger partial charge in [-0.15, -0.1) is 0 Å². The predicted molar refractivity (Wildman–Crippen MR) is 74.1 cm³/mol. The molecule has 1 fully saturated rings. The number of rotatable bonds is 2. The summed E-state index contributed by atoms with van der Waals surface area (Å²) in [5, 5.41) is 6.75. The van der Waals surface area contributed by atoms with Gasteiger partial charge in [-0.05, 0) is 31.0 Å². The first kappa shape index (κ1) is 13.1. The molecule has 2 aromatic rings. The highest BCUT2D eigenvalue weighted by atomic mass is 35.5. The minimum absolute atomic E-state index is 0.0247. The minimum Gasteiger partial charge on any atom is -0.339 e. The van der Waals surface area contributed by atoms with Gasteiger partial charge in [-0.2, -0.15) is 5.10 Å². The van der Waals surface area contributed by atoms with Crippen LogP contribution < -0.4 is 0 Å². The molecule has 1 aromatic carbocycles. The van der Waals surface area contributed by atoms with E-state index in [9.17, 15) is 9.18 Å². The lowest BCUT2D eigenvalue weighted by Crippen LogP contribution is -2.27. The Morgan fingerprint density at radius 2 is 2.10 bits per heavy atom. The highest BCUT2D eigenvalue weighted by Gasteiger charge is 2.23. The van der Waals surface area contributed by atoms with Gasteiger partial charge in [0, 0.05) is 18.7 Å². The average molecular weight is 294 g/mol. The summed E-state index contributed by atoms with van der Waals surface area (Å²) in [6.07, 6.45) is 3.57. The van der Waals surface area contributed by atoms with Gasteiger partial charge in [0.15, 0.2) is 0 Å². The van der Waals surface area contributed by atoms with Gasteiger partial charge in [0.2, 0.25) is 0 Å². The van der Waals surface area contributed by atoms with E-state index in [0.717, 1.165) is 25.9 Å². The molecular weight excluding hydrogens is 281 g/mol. The van der Waals surface area contributed by atoms with Gasteiger partial charge in [-0.1, -0.05) is 11.6 Å². The van der Waals surface area contributed by atoms with Crippen molar-refractivity contribution in [1.82, 2.24) is 15.1 Å². The van der Waals surface area contributed by atoms with Crippen LogP contribution in [0.15, 0.2) is 24.4 Å². The first-order valence-corrected chi connectivity index (χ1v) is 6.82. The molecule has 0 radical (unpaired) electrons. The maximum absolute atomic E-state index is 13.2. The highest BCUT2D eigenvalue weighted by molar-refractivity contribution is 6.31. The van der Waals surface area contributed by atoms with Crippen molar-refractivity contribution in [3.63, 3.8) is 0 Å². The van der Waals surface area contributed by atoms with Crippen LogP contribution in [0.4, 0.5) is 4.39 Å². The van der Waals surface area contributed by atoms with E-state index >= 15 is 0 Å². The largest absolute Gasteiger partial charge is 0.339 e. The fourth-order valence-corrected chi connectivity index (χ4v) is 2.59. The quantitative estimate of drug-likeness (QED) is 0.925. The number of nitrogens with one attached hydrogen (secondary N) is 1. The summed E-state index contributed by atoms with van der Waals surface area (Å²) in [4.78, 5) is 14.2. The Balaban J connectivity index is 1.96. The first-order chi connectivity index (χ1) is 9.66. The zero-order valence-electron chi connectivity index (χ0n) is 10.7. The molecule has 0 atom stereocenters. The normalized spacial score (nSPS) is 14.8. The Morgan fingerprint density at radius 3 is 2.80 bits per heavy atom. The van der Waals surface area contributed by atoms with E-state index < -0.39 is 5.82 Å². The second-order valence-electron chi connectivity index (χ2n) is 4.79. The topological polar surface area (TPSA) is 49.0 Å². The molecule has 0 spiro atoms. The lowest BCUT2D eigenvalue weighted by atomic mass is 10.1. The van der Waals surface area contributed by atoms with Crippen LogP contribution in [0, 0.1) is 5.82 Å². The van der Waals surface area contributed by atoms with Crippen molar-refractivity contribution >= 4 is 17.5 Å². The Labute approximate surface area is 120 Å². The van der Waals surface area contributed by atoms with Crippen LogP contribution in [0.3, 0.4) is 0 Å². The summed E-state index contributed by atoms with van der Waals surface area (Å²) < 4.78 is 13.2. The van der Waals surface area contributed by atoms with Crippen molar-refractivity contribution in [3.05, 3.63) is 40.8 Å². The van der Waals surface area contributed by atoms with Crippen LogP contribution in [0.5, 0.6) is 0 Å². The molecule has 1 aliphatic rings. The summed E-state index contributed by atoms with van der Waals surface area (Å²) in [5.74, 6) is -0.533. The smallest absolute Gasteiger partial charge is 0.257 e. The van der Waals surface area contributed by atoms with Crippen molar-refractivity contribution < 1.29 is 9.18 Å². The number of aromatic nitrogens is 2. The van der Waals surface area contributed by atoms with Crippen molar-refractivity contribution in [2.45, 2.75) is 12.8 Å². The van der Waals surface area contributed by atoms with Gasteiger partial charge in [-0.25, -0.2) is 4.39 Å². The van der Waals surface area contributed by atoms with E-state index in [4.69, 9.17) is 11.6 Å². The molecule has 1 aliphatic heterocycles. The fourth-order valence-electron chi connectivity index (χ4n) is 2.41. The van der Waals surface area contributed by atoms with Crippen LogP contribution in [-0.4, -0.2) is 34.1 Å². The molecule has 6 heteroatoms. The standard InChI is InChI=1S/C14H13ClFN3O/c15-11-7-9(3-4-12(11)16)13-10(8-17-18-13)14(20)19-5-1-2-6-19/h3-4,7-8H,1-2,5-6H2,(H,17,18). The number of amides is 1. The summed E-state index contributed by atoms with van der Waals surface area (Å²) >= 11 is 5.79. The Morgan fingerprint density at radius 1 is 1.35 bits per heavy atom. The molecule has 1 N–H and O–H groups in total. The molecule has 0 bridgehead atoms. The van der Waals surface area contributed by atoms with Gasteiger partial charge in [0.25, 0.3) is 5.91 Å². The molecule has 2 heterocycles. The third-order valence-corrected chi connectivity index (χ3v) is 3.76. The van der Waals surface area contributed by atoms with Crippen LogP contribution >= 0.6 is 11.6 Å². The minimum atomic E-state index is -0.484. The number of H-pyrrole nitrogens is 1. The van der Waals surface area contributed by atoms with Gasteiger partial charge in [-0.3, -0.25) is 9.89 Å². The molecule has 0 unspecified atom stereocenters. The first-order valence-electron chi connectivity index (χ1n) is 6.45. The Bertz CT molecular complexity index is 650. The number of carbonyl (C=O) groups is 1. The van der Waals surface area contributed by atoms with Crippen molar-refractivity contribution in [3.8, 4) is 11.3 Å². The number of hydrogen-bond acceptors (Lipinski definition) is 2. The number of hydrogen-bond donors (Lipinski definition) is 1. The van der Waals surface area contributed by atoms with Crippen molar-refractivity contribution in [1.29, 1.82) is 0 Å². The van der Waals surface area contributed by atoms with Crippen LogP contribution in [0.2, 0.25) is 5.02 Å². The van der Waals surface area contributed by atoms with Gasteiger partial charge in [0.05, 0.1) is 22.5 Å². The zero-order chi connectivity index (χ0) is 14.1. The molecule has 1 saturated heterocycles. The van der Waals surface area contributed by atoms with Gasteiger partial charge in [0.1, 0.15) is 5.82 Å². The van der Waals surface area contributed by atoms with E-state index in [-0.39, 0.29) is 10.9 Å². The molecule has 20 heavy (non-hydrogen) atoms. The fraction of sp³-hybridized carbons (Fsp3) is 0.286. The monoisotopic (exact) mass is 293 g/mol. The maximum atomic E-state index is 13.2. The molecule has 104 valence electrons. The van der Waals surface area contributed by atoms with E-state index in [1.54, 1.807) is 11.0 Å². The SMILES string of the molecule is O=C(c1cn[nH]c1-c1ccc(F)c(Cl)c1)N1CCCC1. The number of halogens is 2. The van der Waals surface area contributed by atoms with Crippen LogP contribution in [-0.2, 0) is 0 Å². The van der Waals surface area contributed by atoms with Gasteiger partial charge < -0.3 is 4.90 Å². The molecule has 4 nitrogen and oxygen atoms in total. The van der Waals surface area contributed by atoms with Crippen molar-refractivity contribution in [2.75, 3.05) is 13.1 Å². The summed E-state index contributed by atoms with van der Waals surface area (Å²) in [7, 11) is 0. The van der Waals surface area contributed by atoms with E-state index in [0.29, 0.717) is 16.8 Å². The average Bonchev–Trinajstić information content (AvgIpc) is 3.11. The predicted octanol–water partition coefficient (Wildman–Crippen LogP) is 3.11. The Hall–Kier alpha value is -1.88. The molecule has 1 amide bonds. The molecule has 1 aromatic heterocycles. The number of carbonyl (C=O) groups excluding carboxylic acids is 1. The number of aromatic amines is 1. The molecular formula is C14H13ClFN3O. The van der Waals surface area contributed by atoms with E-state index in [1.165, 1.54) is 18.3 Å². The third-order valence-electron chi connectivity index (χ3n) is 3.47. The van der Waals surface area contributed by atoms with E-state index in [2.05, 4.69) is 10.2 Å². The second-order valence-corrected chi connectivity index (χ2v) is 5.19. The Kier molecular flexibility index (Phi) is 3.44. The number of likely N-dealkylation sites (tertiary alicyclic amines) is 1. The second kappa shape index (κ2) is 5.25. The summed E-state index contributed by atoms with van der Waals surface area (Å²) in [6.45, 7) is 1.54. The van der Waals surface area contributed by atoms with E-state index in [1.807, 2.05) is 0 Å². The lowest BCUT2D eigenvalue weighted by Gasteiger charge is -2.15. The van der Waals surface area contributed by atoms with Crippen molar-refractivity contribution in [2.24, 2.45) is 0 Å². The molecule has 0 aliphatic carbocycles. The molecule has 0 saturated carbocycles. The lowest BCUT2D eigenvalue weighted by molar-refractivity contribution is 0.0793. The zero-order valence-corrected chi connectivity index (χ0v) is 11.5. The maximum Gasteiger partial charge on any atom is 0.257 e. The molecule has 3 rings (SSSR count). The van der Waals surface area contributed by atoms with Gasteiger partial charge >= 0.3 is 0 Å².